The first-order chi connectivity index (χ1) is 12.8. The number of halogens is 7. The van der Waals surface area contributed by atoms with E-state index >= 15 is 0 Å². The van der Waals surface area contributed by atoms with Gasteiger partial charge in [0.15, 0.2) is 23.3 Å². The Bertz CT molecular complexity index is 1000. The fourth-order valence-electron chi connectivity index (χ4n) is 2.14. The molecule has 0 fully saturated rings. The van der Waals surface area contributed by atoms with E-state index in [1.54, 1.807) is 23.6 Å². The van der Waals surface area contributed by atoms with E-state index < -0.39 is 34.8 Å². The highest BCUT2D eigenvalue weighted by atomic mass is 35.5. The van der Waals surface area contributed by atoms with Crippen molar-refractivity contribution in [1.29, 1.82) is 0 Å². The van der Waals surface area contributed by atoms with Crippen molar-refractivity contribution in [1.82, 2.24) is 0 Å². The van der Waals surface area contributed by atoms with Crippen molar-refractivity contribution in [3.05, 3.63) is 75.2 Å². The van der Waals surface area contributed by atoms with Crippen molar-refractivity contribution in [2.24, 2.45) is 5.10 Å². The zero-order valence-electron chi connectivity index (χ0n) is 13.0. The second-order valence-corrected chi connectivity index (χ2v) is 6.05. The minimum Gasteiger partial charge on any atom is -0.455 e. The van der Waals surface area contributed by atoms with Gasteiger partial charge >= 0.3 is 0 Å². The molecule has 0 saturated carbocycles. The number of hydrazone groups is 1. The molecule has 3 rings (SSSR count). The van der Waals surface area contributed by atoms with E-state index in [1.807, 2.05) is 0 Å². The lowest BCUT2D eigenvalue weighted by Gasteiger charge is -2.06. The Balaban J connectivity index is 1.82. The highest BCUT2D eigenvalue weighted by Crippen LogP contribution is 2.29. The van der Waals surface area contributed by atoms with E-state index in [0.717, 1.165) is 6.21 Å². The second kappa shape index (κ2) is 7.58. The Morgan fingerprint density at radius 3 is 1.96 bits per heavy atom. The molecule has 0 aliphatic rings. The minimum absolute atomic E-state index is 0.137. The standard InChI is InChI=1S/C17H7Cl2F5N2O/c18-8-3-7(4-9(19)5-8)11-2-1-10(27-11)6-25-26-17-15(23)13(21)12(20)14(22)16(17)24/h1-6,26H/b25-6+. The average molecular weight is 421 g/mol. The molecule has 0 aliphatic carbocycles. The number of rotatable bonds is 4. The molecule has 27 heavy (non-hydrogen) atoms. The molecular weight excluding hydrogens is 414 g/mol. The van der Waals surface area contributed by atoms with Crippen LogP contribution in [0.1, 0.15) is 5.76 Å². The Hall–Kier alpha value is -2.58. The summed E-state index contributed by atoms with van der Waals surface area (Å²) in [4.78, 5) is 0. The molecular formula is C17H7Cl2F5N2O. The Kier molecular flexibility index (Phi) is 5.38. The maximum absolute atomic E-state index is 13.5. The quantitative estimate of drug-likeness (QED) is 0.174. The van der Waals surface area contributed by atoms with Gasteiger partial charge in [-0.05, 0) is 30.3 Å². The van der Waals surface area contributed by atoms with Crippen LogP contribution in [0.15, 0.2) is 39.9 Å². The third-order valence-electron chi connectivity index (χ3n) is 3.35. The van der Waals surface area contributed by atoms with Crippen LogP contribution in [0, 0.1) is 29.1 Å². The van der Waals surface area contributed by atoms with Gasteiger partial charge in [-0.2, -0.15) is 5.10 Å². The summed E-state index contributed by atoms with van der Waals surface area (Å²) in [7, 11) is 0. The van der Waals surface area contributed by atoms with E-state index in [9.17, 15) is 22.0 Å². The van der Waals surface area contributed by atoms with Gasteiger partial charge in [-0.25, -0.2) is 22.0 Å². The van der Waals surface area contributed by atoms with Gasteiger partial charge in [-0.3, -0.25) is 5.43 Å². The lowest BCUT2D eigenvalue weighted by molar-refractivity contribution is 0.381. The lowest BCUT2D eigenvalue weighted by Crippen LogP contribution is -2.06. The molecule has 3 aromatic rings. The highest BCUT2D eigenvalue weighted by Gasteiger charge is 2.25. The summed E-state index contributed by atoms with van der Waals surface area (Å²) in [5.41, 5.74) is 1.06. The number of nitrogens with zero attached hydrogens (tertiary/aromatic N) is 1. The summed E-state index contributed by atoms with van der Waals surface area (Å²) in [6, 6.07) is 7.75. The smallest absolute Gasteiger partial charge is 0.200 e. The van der Waals surface area contributed by atoms with Gasteiger partial charge in [0, 0.05) is 15.6 Å². The second-order valence-electron chi connectivity index (χ2n) is 5.18. The van der Waals surface area contributed by atoms with E-state index in [2.05, 4.69) is 5.10 Å². The van der Waals surface area contributed by atoms with Crippen molar-refractivity contribution < 1.29 is 26.4 Å². The van der Waals surface area contributed by atoms with Gasteiger partial charge in [0.1, 0.15) is 17.2 Å². The molecule has 1 aromatic heterocycles. The van der Waals surface area contributed by atoms with Crippen molar-refractivity contribution >= 4 is 35.1 Å². The number of anilines is 1. The van der Waals surface area contributed by atoms with Crippen molar-refractivity contribution in [3.63, 3.8) is 0 Å². The number of hydrogen-bond acceptors (Lipinski definition) is 3. The molecule has 0 bridgehead atoms. The van der Waals surface area contributed by atoms with Gasteiger partial charge in [0.05, 0.1) is 6.21 Å². The third kappa shape index (κ3) is 3.91. The number of furan rings is 1. The number of nitrogens with one attached hydrogen (secondary N) is 1. The van der Waals surface area contributed by atoms with Crippen LogP contribution in [0.25, 0.3) is 11.3 Å². The van der Waals surface area contributed by atoms with Crippen molar-refractivity contribution in [2.75, 3.05) is 5.43 Å². The van der Waals surface area contributed by atoms with Crippen LogP contribution in [-0.4, -0.2) is 6.21 Å². The Morgan fingerprint density at radius 1 is 0.815 bits per heavy atom. The van der Waals surface area contributed by atoms with Crippen LogP contribution >= 0.6 is 23.2 Å². The van der Waals surface area contributed by atoms with E-state index in [4.69, 9.17) is 27.6 Å². The molecule has 140 valence electrons. The normalized spacial score (nSPS) is 11.4. The molecule has 3 nitrogen and oxygen atoms in total. The number of hydrogen-bond donors (Lipinski definition) is 1. The van der Waals surface area contributed by atoms with Crippen LogP contribution < -0.4 is 5.43 Å². The average Bonchev–Trinajstić information content (AvgIpc) is 3.09. The molecule has 1 heterocycles. The van der Waals surface area contributed by atoms with E-state index in [1.165, 1.54) is 12.1 Å². The SMILES string of the molecule is Fc1c(F)c(F)c(N/N=C/c2ccc(-c3cc(Cl)cc(Cl)c3)o2)c(F)c1F. The molecule has 0 spiro atoms. The van der Waals surface area contributed by atoms with Crippen LogP contribution in [0.5, 0.6) is 0 Å². The minimum atomic E-state index is -2.25. The Labute approximate surface area is 159 Å². The summed E-state index contributed by atoms with van der Waals surface area (Å²) in [6.45, 7) is 0. The van der Waals surface area contributed by atoms with Crippen LogP contribution in [0.3, 0.4) is 0 Å². The molecule has 1 N–H and O–H groups in total. The first-order valence-corrected chi connectivity index (χ1v) is 7.90. The molecule has 10 heteroatoms. The summed E-state index contributed by atoms with van der Waals surface area (Å²) in [6.07, 6.45) is 0.994. The highest BCUT2D eigenvalue weighted by molar-refractivity contribution is 6.35. The van der Waals surface area contributed by atoms with Gasteiger partial charge in [0.25, 0.3) is 0 Å². The fraction of sp³-hybridized carbons (Fsp3) is 0. The maximum Gasteiger partial charge on any atom is 0.200 e. The molecule has 0 aliphatic heterocycles. The summed E-state index contributed by atoms with van der Waals surface area (Å²) >= 11 is 11.8. The fourth-order valence-corrected chi connectivity index (χ4v) is 2.66. The van der Waals surface area contributed by atoms with Gasteiger partial charge in [-0.15, -0.1) is 0 Å². The third-order valence-corrected chi connectivity index (χ3v) is 3.79. The predicted molar refractivity (Wildman–Crippen MR) is 91.6 cm³/mol. The lowest BCUT2D eigenvalue weighted by atomic mass is 10.2. The number of benzene rings is 2. The monoisotopic (exact) mass is 420 g/mol. The largest absolute Gasteiger partial charge is 0.455 e. The summed E-state index contributed by atoms with van der Waals surface area (Å²) < 4.78 is 71.7. The first kappa shape index (κ1) is 19.2. The van der Waals surface area contributed by atoms with Gasteiger partial charge in [-0.1, -0.05) is 23.2 Å². The van der Waals surface area contributed by atoms with Gasteiger partial charge < -0.3 is 4.42 Å². The van der Waals surface area contributed by atoms with Gasteiger partial charge in [0.2, 0.25) is 5.82 Å². The summed E-state index contributed by atoms with van der Waals surface area (Å²) in [5.74, 6) is -9.96. The summed E-state index contributed by atoms with van der Waals surface area (Å²) in [5, 5.41) is 4.20. The molecule has 0 saturated heterocycles. The molecule has 0 radical (unpaired) electrons. The van der Waals surface area contributed by atoms with Crippen LogP contribution in [0.2, 0.25) is 10.0 Å². The van der Waals surface area contributed by atoms with E-state index in [0.29, 0.717) is 21.4 Å². The van der Waals surface area contributed by atoms with Crippen molar-refractivity contribution in [3.8, 4) is 11.3 Å². The topological polar surface area (TPSA) is 37.5 Å². The van der Waals surface area contributed by atoms with Crippen LogP contribution in [-0.2, 0) is 0 Å². The van der Waals surface area contributed by atoms with Crippen LogP contribution in [0.4, 0.5) is 27.6 Å². The zero-order chi connectivity index (χ0) is 19.7. The molecule has 0 unspecified atom stereocenters. The van der Waals surface area contributed by atoms with Crippen molar-refractivity contribution in [2.45, 2.75) is 0 Å². The van der Waals surface area contributed by atoms with E-state index in [-0.39, 0.29) is 5.76 Å². The molecule has 0 atom stereocenters. The molecule has 0 amide bonds. The first-order valence-electron chi connectivity index (χ1n) is 7.14. The zero-order valence-corrected chi connectivity index (χ0v) is 14.5. The molecule has 2 aromatic carbocycles. The predicted octanol–water partition coefficient (Wildman–Crippen LogP) is 6.39. The Morgan fingerprint density at radius 2 is 1.37 bits per heavy atom. The maximum atomic E-state index is 13.5.